The molecule has 5 aromatic rings. The van der Waals surface area contributed by atoms with Gasteiger partial charge in [0.15, 0.2) is 0 Å². The number of aromatic nitrogens is 2. The van der Waals surface area contributed by atoms with Crippen molar-refractivity contribution in [3.8, 4) is 22.3 Å². The van der Waals surface area contributed by atoms with Gasteiger partial charge < -0.3 is 14.6 Å². The van der Waals surface area contributed by atoms with Gasteiger partial charge in [-0.2, -0.15) is 0 Å². The number of aryl methyl sites for hydroxylation is 2. The molecular formula is C34H31N3O. The van der Waals surface area contributed by atoms with Gasteiger partial charge in [-0.1, -0.05) is 60.7 Å². The van der Waals surface area contributed by atoms with Crippen LogP contribution in [0, 0.1) is 13.8 Å². The highest BCUT2D eigenvalue weighted by Crippen LogP contribution is 2.38. The second kappa shape index (κ2) is 9.30. The number of aromatic amines is 1. The molecule has 1 saturated heterocycles. The number of hydrogen-bond donors (Lipinski definition) is 1. The number of nitrogens with one attached hydrogen (secondary N) is 1. The fourth-order valence-corrected chi connectivity index (χ4v) is 6.22. The monoisotopic (exact) mass is 497 g/mol. The Labute approximate surface area is 223 Å². The van der Waals surface area contributed by atoms with E-state index in [0.717, 1.165) is 42.9 Å². The van der Waals surface area contributed by atoms with Gasteiger partial charge in [-0.05, 0) is 71.0 Å². The molecule has 3 heterocycles. The highest BCUT2D eigenvalue weighted by molar-refractivity contribution is 5.96. The number of hydrogen-bond acceptors (Lipinski definition) is 3. The van der Waals surface area contributed by atoms with Crippen molar-refractivity contribution in [2.45, 2.75) is 19.8 Å². The summed E-state index contributed by atoms with van der Waals surface area (Å²) in [5, 5.41) is 1.15. The zero-order valence-electron chi connectivity index (χ0n) is 21.9. The van der Waals surface area contributed by atoms with Crippen LogP contribution in [0.4, 0.5) is 5.69 Å². The maximum absolute atomic E-state index is 5.57. The molecule has 3 aromatic carbocycles. The van der Waals surface area contributed by atoms with Crippen molar-refractivity contribution in [1.82, 2.24) is 9.97 Å². The van der Waals surface area contributed by atoms with Crippen LogP contribution in [-0.2, 0) is 4.74 Å². The Bertz CT molecular complexity index is 1650. The summed E-state index contributed by atoms with van der Waals surface area (Å²) in [7, 11) is 0. The summed E-state index contributed by atoms with van der Waals surface area (Å²) in [5.41, 5.74) is 13.6. The summed E-state index contributed by atoms with van der Waals surface area (Å²) in [6.45, 7) is 7.92. The van der Waals surface area contributed by atoms with Gasteiger partial charge in [-0.15, -0.1) is 0 Å². The minimum atomic E-state index is 0.323. The van der Waals surface area contributed by atoms with Gasteiger partial charge in [0.05, 0.1) is 13.2 Å². The van der Waals surface area contributed by atoms with E-state index in [0.29, 0.717) is 5.92 Å². The van der Waals surface area contributed by atoms with E-state index < -0.39 is 0 Å². The number of fused-ring (bicyclic) bond motifs is 2. The second-order valence-corrected chi connectivity index (χ2v) is 10.5. The lowest BCUT2D eigenvalue weighted by molar-refractivity contribution is 0.122. The van der Waals surface area contributed by atoms with Crippen LogP contribution in [-0.4, -0.2) is 36.3 Å². The summed E-state index contributed by atoms with van der Waals surface area (Å²) in [5.74, 6) is 0.323. The molecule has 7 rings (SSSR count). The van der Waals surface area contributed by atoms with Gasteiger partial charge in [0, 0.05) is 53.6 Å². The average molecular weight is 498 g/mol. The SMILES string of the molecule is Cc1cc(-c2cnc3[nH]cc(-c4ccc(C5C=Cc6ccccc65)cc4)c3c2)cc(C)c1N1CCOCC1. The third-order valence-electron chi connectivity index (χ3n) is 8.06. The predicted molar refractivity (Wildman–Crippen MR) is 157 cm³/mol. The van der Waals surface area contributed by atoms with Crippen LogP contribution >= 0.6 is 0 Å². The summed E-state index contributed by atoms with van der Waals surface area (Å²) in [6.07, 6.45) is 8.60. The number of allylic oxidation sites excluding steroid dienone is 1. The van der Waals surface area contributed by atoms with Crippen molar-refractivity contribution >= 4 is 22.8 Å². The molecule has 0 spiro atoms. The summed E-state index contributed by atoms with van der Waals surface area (Å²) in [4.78, 5) is 10.6. The van der Waals surface area contributed by atoms with Gasteiger partial charge >= 0.3 is 0 Å². The van der Waals surface area contributed by atoms with Crippen molar-refractivity contribution in [3.63, 3.8) is 0 Å². The van der Waals surface area contributed by atoms with Crippen LogP contribution in [0.1, 0.15) is 33.7 Å². The molecule has 38 heavy (non-hydrogen) atoms. The lowest BCUT2D eigenvalue weighted by Crippen LogP contribution is -2.37. The van der Waals surface area contributed by atoms with Gasteiger partial charge in [0.25, 0.3) is 0 Å². The maximum atomic E-state index is 5.57. The molecule has 4 heteroatoms. The number of nitrogens with zero attached hydrogens (tertiary/aromatic N) is 2. The van der Waals surface area contributed by atoms with E-state index in [1.54, 1.807) is 0 Å². The molecule has 1 N–H and O–H groups in total. The topological polar surface area (TPSA) is 41.2 Å². The minimum absolute atomic E-state index is 0.323. The number of benzene rings is 3. The molecule has 1 aliphatic carbocycles. The Morgan fingerprint density at radius 3 is 2.42 bits per heavy atom. The lowest BCUT2D eigenvalue weighted by atomic mass is 9.91. The predicted octanol–water partition coefficient (Wildman–Crippen LogP) is 7.51. The number of ether oxygens (including phenoxy) is 1. The van der Waals surface area contributed by atoms with Gasteiger partial charge in [-0.3, -0.25) is 0 Å². The quantitative estimate of drug-likeness (QED) is 0.279. The number of H-pyrrole nitrogens is 1. The molecule has 2 aliphatic rings. The van der Waals surface area contributed by atoms with Crippen LogP contribution in [0.3, 0.4) is 0 Å². The van der Waals surface area contributed by atoms with Crippen molar-refractivity contribution in [1.29, 1.82) is 0 Å². The maximum Gasteiger partial charge on any atom is 0.137 e. The highest BCUT2D eigenvalue weighted by Gasteiger charge is 2.20. The molecule has 0 amide bonds. The summed E-state index contributed by atoms with van der Waals surface area (Å²) < 4.78 is 5.57. The van der Waals surface area contributed by atoms with Gasteiger partial charge in [-0.25, -0.2) is 4.98 Å². The molecule has 1 unspecified atom stereocenters. The number of anilines is 1. The molecule has 0 saturated carbocycles. The average Bonchev–Trinajstić information content (AvgIpc) is 3.58. The Kier molecular flexibility index (Phi) is 5.63. The van der Waals surface area contributed by atoms with Crippen LogP contribution in [0.5, 0.6) is 0 Å². The van der Waals surface area contributed by atoms with E-state index in [4.69, 9.17) is 9.72 Å². The zero-order chi connectivity index (χ0) is 25.6. The largest absolute Gasteiger partial charge is 0.378 e. The molecule has 1 fully saturated rings. The van der Waals surface area contributed by atoms with Crippen molar-refractivity contribution in [2.75, 3.05) is 31.2 Å². The van der Waals surface area contributed by atoms with Gasteiger partial charge in [0.2, 0.25) is 0 Å². The minimum Gasteiger partial charge on any atom is -0.378 e. The molecular weight excluding hydrogens is 466 g/mol. The third kappa shape index (κ3) is 3.93. The number of pyridine rings is 1. The Hall–Kier alpha value is -4.15. The molecule has 188 valence electrons. The zero-order valence-corrected chi connectivity index (χ0v) is 21.9. The molecule has 1 aliphatic heterocycles. The lowest BCUT2D eigenvalue weighted by Gasteiger charge is -2.31. The van der Waals surface area contributed by atoms with E-state index >= 15 is 0 Å². The van der Waals surface area contributed by atoms with E-state index in [9.17, 15) is 0 Å². The molecule has 1 atom stereocenters. The fourth-order valence-electron chi connectivity index (χ4n) is 6.22. The Morgan fingerprint density at radius 1 is 0.868 bits per heavy atom. The first-order chi connectivity index (χ1) is 18.7. The van der Waals surface area contributed by atoms with Crippen molar-refractivity contribution in [3.05, 3.63) is 113 Å². The highest BCUT2D eigenvalue weighted by atomic mass is 16.5. The smallest absolute Gasteiger partial charge is 0.137 e. The first-order valence-electron chi connectivity index (χ1n) is 13.4. The third-order valence-corrected chi connectivity index (χ3v) is 8.06. The molecule has 4 nitrogen and oxygen atoms in total. The first kappa shape index (κ1) is 23.0. The van der Waals surface area contributed by atoms with Crippen LogP contribution in [0.15, 0.2) is 85.2 Å². The molecule has 2 aromatic heterocycles. The fraction of sp³-hybridized carbons (Fsp3) is 0.206. The Morgan fingerprint density at radius 2 is 1.63 bits per heavy atom. The molecule has 0 bridgehead atoms. The van der Waals surface area contributed by atoms with E-state index in [2.05, 4.69) is 109 Å². The van der Waals surface area contributed by atoms with E-state index in [1.807, 2.05) is 6.20 Å². The first-order valence-corrected chi connectivity index (χ1v) is 13.4. The van der Waals surface area contributed by atoms with Crippen molar-refractivity contribution < 1.29 is 4.74 Å². The summed E-state index contributed by atoms with van der Waals surface area (Å²) >= 11 is 0. The van der Waals surface area contributed by atoms with Crippen molar-refractivity contribution in [2.24, 2.45) is 0 Å². The Balaban J connectivity index is 1.21. The van der Waals surface area contributed by atoms with Crippen LogP contribution < -0.4 is 4.90 Å². The molecule has 0 radical (unpaired) electrons. The number of rotatable bonds is 4. The van der Waals surface area contributed by atoms with E-state index in [1.165, 1.54) is 50.2 Å². The van der Waals surface area contributed by atoms with Gasteiger partial charge in [0.1, 0.15) is 5.65 Å². The van der Waals surface area contributed by atoms with E-state index in [-0.39, 0.29) is 0 Å². The normalized spacial score (nSPS) is 16.8. The standard InChI is InChI=1S/C34H31N3O/c1-22-17-27(18-23(2)33(22)37-13-15-38-16-14-37)28-19-31-32(21-36-34(31)35-20-28)26-9-7-25(8-10-26)30-12-11-24-5-3-4-6-29(24)30/h3-12,17-21,30H,13-16H2,1-2H3,(H,35,36). The van der Waals surface area contributed by atoms with Crippen LogP contribution in [0.25, 0.3) is 39.4 Å². The number of morpholine rings is 1. The van der Waals surface area contributed by atoms with Crippen LogP contribution in [0.2, 0.25) is 0 Å². The second-order valence-electron chi connectivity index (χ2n) is 10.5. The summed E-state index contributed by atoms with van der Waals surface area (Å²) in [6, 6.07) is 24.5.